The molecule has 0 atom stereocenters. The van der Waals surface area contributed by atoms with Gasteiger partial charge in [-0.2, -0.15) is 0 Å². The van der Waals surface area contributed by atoms with Crippen LogP contribution >= 0.6 is 0 Å². The molecule has 0 bridgehead atoms. The van der Waals surface area contributed by atoms with Gasteiger partial charge in [0.1, 0.15) is 5.82 Å². The van der Waals surface area contributed by atoms with Crippen molar-refractivity contribution < 1.29 is 0 Å². The number of nitrogens with zero attached hydrogens (tertiary/aromatic N) is 2. The zero-order chi connectivity index (χ0) is 8.39. The Balaban J connectivity index is 2.08. The summed E-state index contributed by atoms with van der Waals surface area (Å²) in [7, 11) is 0. The van der Waals surface area contributed by atoms with Crippen molar-refractivity contribution in [1.29, 1.82) is 0 Å². The van der Waals surface area contributed by atoms with Crippen LogP contribution in [0.5, 0.6) is 0 Å². The second-order valence-electron chi connectivity index (χ2n) is 3.23. The van der Waals surface area contributed by atoms with E-state index >= 15 is 0 Å². The second-order valence-corrected chi connectivity index (χ2v) is 3.23. The Morgan fingerprint density at radius 2 is 2.25 bits per heavy atom. The highest BCUT2D eigenvalue weighted by Gasteiger charge is 2.14. The second kappa shape index (κ2) is 3.15. The van der Waals surface area contributed by atoms with E-state index in [1.807, 2.05) is 12.5 Å². The van der Waals surface area contributed by atoms with Crippen LogP contribution in [0.1, 0.15) is 18.9 Å². The summed E-state index contributed by atoms with van der Waals surface area (Å²) in [5.74, 6) is 0.619. The summed E-state index contributed by atoms with van der Waals surface area (Å²) < 4.78 is 2.12. The molecule has 66 valence electrons. The number of anilines is 1. The molecule has 2 rings (SSSR count). The number of rotatable bonds is 1. The quantitative estimate of drug-likeness (QED) is 0.634. The fraction of sp³-hybridized carbons (Fsp3) is 0.625. The molecule has 3 N–H and O–H groups in total. The molecule has 12 heavy (non-hydrogen) atoms. The van der Waals surface area contributed by atoms with Crippen LogP contribution in [0.3, 0.4) is 0 Å². The third-order valence-corrected chi connectivity index (χ3v) is 2.35. The molecule has 1 aliphatic heterocycles. The minimum absolute atomic E-state index is 0.594. The lowest BCUT2D eigenvalue weighted by atomic mass is 10.1. The van der Waals surface area contributed by atoms with E-state index in [0.717, 1.165) is 13.1 Å². The third-order valence-electron chi connectivity index (χ3n) is 2.35. The number of nitrogens with one attached hydrogen (secondary N) is 1. The van der Waals surface area contributed by atoms with E-state index in [0.29, 0.717) is 11.9 Å². The van der Waals surface area contributed by atoms with Gasteiger partial charge in [-0.3, -0.25) is 0 Å². The Bertz CT molecular complexity index is 249. The van der Waals surface area contributed by atoms with Gasteiger partial charge in [-0.25, -0.2) is 4.98 Å². The molecular formula is C8H14N4. The van der Waals surface area contributed by atoms with Gasteiger partial charge in [0, 0.05) is 12.2 Å². The fourth-order valence-electron chi connectivity index (χ4n) is 1.66. The maximum Gasteiger partial charge on any atom is 0.141 e. The van der Waals surface area contributed by atoms with Gasteiger partial charge in [-0.15, -0.1) is 0 Å². The molecule has 0 unspecified atom stereocenters. The molecule has 4 heteroatoms. The van der Waals surface area contributed by atoms with Gasteiger partial charge in [0.25, 0.3) is 0 Å². The van der Waals surface area contributed by atoms with Crippen LogP contribution in [-0.4, -0.2) is 22.6 Å². The lowest BCUT2D eigenvalue weighted by Crippen LogP contribution is -2.28. The molecule has 0 amide bonds. The molecular weight excluding hydrogens is 152 g/mol. The van der Waals surface area contributed by atoms with Crippen LogP contribution in [0.15, 0.2) is 12.5 Å². The number of piperidine rings is 1. The Kier molecular flexibility index (Phi) is 1.99. The van der Waals surface area contributed by atoms with Gasteiger partial charge >= 0.3 is 0 Å². The molecule has 1 aromatic rings. The van der Waals surface area contributed by atoms with Gasteiger partial charge in [-0.05, 0) is 25.9 Å². The standard InChI is InChI=1S/C8H14N4/c9-8-5-12(6-11-8)7-1-3-10-4-2-7/h5-7,10H,1-4,9H2. The first-order chi connectivity index (χ1) is 5.86. The number of nitrogens with two attached hydrogens (primary N) is 1. The highest BCUT2D eigenvalue weighted by molar-refractivity contribution is 5.22. The van der Waals surface area contributed by atoms with Gasteiger partial charge in [-0.1, -0.05) is 0 Å². The molecule has 0 spiro atoms. The zero-order valence-corrected chi connectivity index (χ0v) is 7.03. The van der Waals surface area contributed by atoms with Crippen molar-refractivity contribution in [3.63, 3.8) is 0 Å². The molecule has 4 nitrogen and oxygen atoms in total. The minimum Gasteiger partial charge on any atom is -0.382 e. The van der Waals surface area contributed by atoms with Gasteiger partial charge in [0.05, 0.1) is 6.33 Å². The average molecular weight is 166 g/mol. The molecule has 0 saturated carbocycles. The van der Waals surface area contributed by atoms with E-state index in [1.165, 1.54) is 12.8 Å². The van der Waals surface area contributed by atoms with Gasteiger partial charge in [0.15, 0.2) is 0 Å². The number of nitrogen functional groups attached to an aromatic ring is 1. The first kappa shape index (κ1) is 7.61. The van der Waals surface area contributed by atoms with Crippen LogP contribution in [0.25, 0.3) is 0 Å². The highest BCUT2D eigenvalue weighted by Crippen LogP contribution is 2.18. The van der Waals surface area contributed by atoms with E-state index in [2.05, 4.69) is 14.9 Å². The number of hydrogen-bond donors (Lipinski definition) is 2. The van der Waals surface area contributed by atoms with Crippen molar-refractivity contribution in [2.24, 2.45) is 0 Å². The molecule has 1 aromatic heterocycles. The fourth-order valence-corrected chi connectivity index (χ4v) is 1.66. The van der Waals surface area contributed by atoms with E-state index in [-0.39, 0.29) is 0 Å². The monoisotopic (exact) mass is 166 g/mol. The lowest BCUT2D eigenvalue weighted by molar-refractivity contribution is 0.368. The summed E-state index contributed by atoms with van der Waals surface area (Å²) in [4.78, 5) is 4.01. The van der Waals surface area contributed by atoms with Gasteiger partial charge in [0.2, 0.25) is 0 Å². The summed E-state index contributed by atoms with van der Waals surface area (Å²) in [5.41, 5.74) is 5.54. The van der Waals surface area contributed by atoms with E-state index in [4.69, 9.17) is 5.73 Å². The first-order valence-corrected chi connectivity index (χ1v) is 4.36. The topological polar surface area (TPSA) is 55.9 Å². The molecule has 0 radical (unpaired) electrons. The molecule has 2 heterocycles. The average Bonchev–Trinajstić information content (AvgIpc) is 2.54. The largest absolute Gasteiger partial charge is 0.382 e. The molecule has 1 fully saturated rings. The van der Waals surface area contributed by atoms with Crippen LogP contribution < -0.4 is 11.1 Å². The summed E-state index contributed by atoms with van der Waals surface area (Å²) in [5, 5.41) is 3.33. The van der Waals surface area contributed by atoms with Crippen LogP contribution in [0.4, 0.5) is 5.82 Å². The predicted molar refractivity (Wildman–Crippen MR) is 47.8 cm³/mol. The SMILES string of the molecule is Nc1cn(C2CCNCC2)cn1. The van der Waals surface area contributed by atoms with E-state index < -0.39 is 0 Å². The summed E-state index contributed by atoms with van der Waals surface area (Å²) in [6.07, 6.45) is 6.09. The molecule has 1 saturated heterocycles. The normalized spacial score (nSPS) is 19.7. The van der Waals surface area contributed by atoms with E-state index in [1.54, 1.807) is 0 Å². The van der Waals surface area contributed by atoms with Crippen LogP contribution in [0.2, 0.25) is 0 Å². The Labute approximate surface area is 71.8 Å². The molecule has 1 aliphatic rings. The van der Waals surface area contributed by atoms with Crippen molar-refractivity contribution in [3.8, 4) is 0 Å². The van der Waals surface area contributed by atoms with Crippen molar-refractivity contribution in [1.82, 2.24) is 14.9 Å². The number of imidazole rings is 1. The Hall–Kier alpha value is -1.03. The smallest absolute Gasteiger partial charge is 0.141 e. The predicted octanol–water partition coefficient (Wildman–Crippen LogP) is 0.390. The van der Waals surface area contributed by atoms with Crippen LogP contribution in [0, 0.1) is 0 Å². The lowest BCUT2D eigenvalue weighted by Gasteiger charge is -2.23. The highest BCUT2D eigenvalue weighted by atomic mass is 15.1. The number of aromatic nitrogens is 2. The first-order valence-electron chi connectivity index (χ1n) is 4.36. The summed E-state index contributed by atoms with van der Waals surface area (Å²) in [6, 6.07) is 0.594. The maximum atomic E-state index is 5.54. The van der Waals surface area contributed by atoms with E-state index in [9.17, 15) is 0 Å². The van der Waals surface area contributed by atoms with Gasteiger partial charge < -0.3 is 15.6 Å². The maximum absolute atomic E-state index is 5.54. The summed E-state index contributed by atoms with van der Waals surface area (Å²) >= 11 is 0. The van der Waals surface area contributed by atoms with Crippen molar-refractivity contribution in [2.75, 3.05) is 18.8 Å². The molecule has 0 aliphatic carbocycles. The minimum atomic E-state index is 0.594. The third kappa shape index (κ3) is 1.43. The Morgan fingerprint density at radius 3 is 2.83 bits per heavy atom. The van der Waals surface area contributed by atoms with Crippen molar-refractivity contribution in [3.05, 3.63) is 12.5 Å². The van der Waals surface area contributed by atoms with Crippen molar-refractivity contribution >= 4 is 5.82 Å². The zero-order valence-electron chi connectivity index (χ0n) is 7.03. The summed E-state index contributed by atoms with van der Waals surface area (Å²) in [6.45, 7) is 2.20. The Morgan fingerprint density at radius 1 is 1.50 bits per heavy atom. The number of hydrogen-bond acceptors (Lipinski definition) is 3. The molecule has 0 aromatic carbocycles. The van der Waals surface area contributed by atoms with Crippen LogP contribution in [-0.2, 0) is 0 Å². The van der Waals surface area contributed by atoms with Crippen molar-refractivity contribution in [2.45, 2.75) is 18.9 Å².